The molecule has 2 aromatic rings. The highest BCUT2D eigenvalue weighted by atomic mass is 79.9. The minimum absolute atomic E-state index is 0.0527. The first-order chi connectivity index (χ1) is 9.95. The molecule has 0 atom stereocenters. The van der Waals surface area contributed by atoms with Crippen molar-refractivity contribution in [2.75, 3.05) is 5.32 Å². The van der Waals surface area contributed by atoms with Crippen molar-refractivity contribution in [3.8, 4) is 0 Å². The van der Waals surface area contributed by atoms with Crippen LogP contribution in [-0.4, -0.2) is 17.0 Å². The van der Waals surface area contributed by atoms with E-state index in [4.69, 9.17) is 16.7 Å². The number of carboxylic acid groups (broad SMARTS) is 1. The van der Waals surface area contributed by atoms with E-state index >= 15 is 0 Å². The number of carboxylic acids is 1. The number of aromatic carboxylic acids is 1. The maximum absolute atomic E-state index is 11.8. The molecular weight excluding hydrogens is 378 g/mol. The summed E-state index contributed by atoms with van der Waals surface area (Å²) in [5, 5.41) is 11.9. The lowest BCUT2D eigenvalue weighted by atomic mass is 10.2. The molecule has 0 fully saturated rings. The van der Waals surface area contributed by atoms with Gasteiger partial charge in [0.1, 0.15) is 0 Å². The average molecular weight is 387 g/mol. The number of amides is 1. The molecule has 2 rings (SSSR count). The maximum atomic E-state index is 11.8. The van der Waals surface area contributed by atoms with Crippen LogP contribution in [0.2, 0.25) is 5.02 Å². The Bertz CT molecular complexity index is 727. The summed E-state index contributed by atoms with van der Waals surface area (Å²) in [7, 11) is 0. The van der Waals surface area contributed by atoms with E-state index in [0.717, 1.165) is 8.66 Å². The van der Waals surface area contributed by atoms with E-state index in [0.29, 0.717) is 5.02 Å². The van der Waals surface area contributed by atoms with E-state index in [-0.39, 0.29) is 11.3 Å². The Labute approximate surface area is 138 Å². The van der Waals surface area contributed by atoms with E-state index < -0.39 is 11.9 Å². The van der Waals surface area contributed by atoms with Crippen molar-refractivity contribution in [1.29, 1.82) is 0 Å². The molecule has 1 aromatic heterocycles. The molecule has 0 saturated heterocycles. The molecular formula is C14H9BrClNO3S. The molecule has 0 unspecified atom stereocenters. The first-order valence-corrected chi connectivity index (χ1v) is 7.71. The first-order valence-electron chi connectivity index (χ1n) is 5.73. The van der Waals surface area contributed by atoms with Gasteiger partial charge in [-0.05, 0) is 52.3 Å². The minimum atomic E-state index is -1.15. The van der Waals surface area contributed by atoms with Crippen LogP contribution in [0.15, 0.2) is 40.2 Å². The topological polar surface area (TPSA) is 66.4 Å². The van der Waals surface area contributed by atoms with Gasteiger partial charge < -0.3 is 10.4 Å². The summed E-state index contributed by atoms with van der Waals surface area (Å²) in [6.45, 7) is 0. The van der Waals surface area contributed by atoms with Crippen molar-refractivity contribution in [3.05, 3.63) is 55.7 Å². The van der Waals surface area contributed by atoms with Crippen LogP contribution in [0.1, 0.15) is 15.2 Å². The monoisotopic (exact) mass is 385 g/mol. The lowest BCUT2D eigenvalue weighted by Gasteiger charge is -2.06. The molecule has 21 heavy (non-hydrogen) atoms. The van der Waals surface area contributed by atoms with Crippen LogP contribution in [0.25, 0.3) is 6.08 Å². The van der Waals surface area contributed by atoms with Crippen LogP contribution in [0.5, 0.6) is 0 Å². The predicted octanol–water partition coefficient (Wildman–Crippen LogP) is 4.51. The number of hydrogen-bond donors (Lipinski definition) is 2. The molecule has 7 heteroatoms. The number of halogens is 2. The van der Waals surface area contributed by atoms with E-state index in [2.05, 4.69) is 21.2 Å². The lowest BCUT2D eigenvalue weighted by molar-refractivity contribution is -0.111. The number of hydrogen-bond acceptors (Lipinski definition) is 3. The number of nitrogens with one attached hydrogen (secondary N) is 1. The Kier molecular flexibility index (Phi) is 5.17. The van der Waals surface area contributed by atoms with Gasteiger partial charge in [-0.3, -0.25) is 4.79 Å². The van der Waals surface area contributed by atoms with E-state index in [1.165, 1.54) is 35.6 Å². The SMILES string of the molecule is O=C(/C=C/c1ccc(Br)s1)Nc1ccc(Cl)cc1C(=O)O. The van der Waals surface area contributed by atoms with Gasteiger partial charge in [0.2, 0.25) is 5.91 Å². The van der Waals surface area contributed by atoms with Gasteiger partial charge in [-0.25, -0.2) is 4.79 Å². The van der Waals surface area contributed by atoms with Gasteiger partial charge in [-0.1, -0.05) is 11.6 Å². The van der Waals surface area contributed by atoms with Crippen LogP contribution in [0.4, 0.5) is 5.69 Å². The van der Waals surface area contributed by atoms with Gasteiger partial charge in [0.05, 0.1) is 15.0 Å². The Morgan fingerprint density at radius 1 is 1.29 bits per heavy atom. The van der Waals surface area contributed by atoms with E-state index in [9.17, 15) is 9.59 Å². The fraction of sp³-hybridized carbons (Fsp3) is 0. The standard InChI is InChI=1S/C14H9BrClNO3S/c15-12-5-2-9(21-12)3-6-13(18)17-11-4-1-8(16)7-10(11)14(19)20/h1-7H,(H,17,18)(H,19,20)/b6-3+. The fourth-order valence-corrected chi connectivity index (χ4v) is 3.05. The molecule has 1 aromatic carbocycles. The fourth-order valence-electron chi connectivity index (χ4n) is 1.55. The van der Waals surface area contributed by atoms with Gasteiger partial charge in [0.25, 0.3) is 0 Å². The van der Waals surface area contributed by atoms with Crippen molar-refractivity contribution >= 4 is 62.5 Å². The summed E-state index contributed by atoms with van der Waals surface area (Å²) in [5.41, 5.74) is 0.150. The zero-order valence-electron chi connectivity index (χ0n) is 10.5. The van der Waals surface area contributed by atoms with Crippen LogP contribution in [0.3, 0.4) is 0 Å². The minimum Gasteiger partial charge on any atom is -0.478 e. The molecule has 108 valence electrons. The highest BCUT2D eigenvalue weighted by Gasteiger charge is 2.12. The first kappa shape index (κ1) is 15.8. The van der Waals surface area contributed by atoms with Crippen LogP contribution in [-0.2, 0) is 4.79 Å². The second-order valence-corrected chi connectivity index (χ2v) is 6.89. The zero-order valence-corrected chi connectivity index (χ0v) is 13.6. The van der Waals surface area contributed by atoms with E-state index in [1.54, 1.807) is 6.08 Å². The molecule has 0 aliphatic heterocycles. The second kappa shape index (κ2) is 6.89. The molecule has 4 nitrogen and oxygen atoms in total. The van der Waals surface area contributed by atoms with Crippen molar-refractivity contribution in [2.45, 2.75) is 0 Å². The van der Waals surface area contributed by atoms with Gasteiger partial charge in [0.15, 0.2) is 0 Å². The molecule has 0 spiro atoms. The highest BCUT2D eigenvalue weighted by molar-refractivity contribution is 9.11. The zero-order chi connectivity index (χ0) is 15.4. The summed E-state index contributed by atoms with van der Waals surface area (Å²) < 4.78 is 0.966. The Morgan fingerprint density at radius 3 is 2.67 bits per heavy atom. The number of rotatable bonds is 4. The molecule has 2 N–H and O–H groups in total. The van der Waals surface area contributed by atoms with Crippen molar-refractivity contribution in [3.63, 3.8) is 0 Å². The summed E-state index contributed by atoms with van der Waals surface area (Å²) >= 11 is 10.6. The molecule has 0 bridgehead atoms. The Balaban J connectivity index is 2.13. The Hall–Kier alpha value is -1.63. The third-order valence-electron chi connectivity index (χ3n) is 2.46. The predicted molar refractivity (Wildman–Crippen MR) is 88.1 cm³/mol. The van der Waals surface area contributed by atoms with Crippen molar-refractivity contribution in [2.24, 2.45) is 0 Å². The Morgan fingerprint density at radius 2 is 2.05 bits per heavy atom. The number of carbonyl (C=O) groups is 2. The molecule has 0 saturated carbocycles. The molecule has 0 aliphatic carbocycles. The highest BCUT2D eigenvalue weighted by Crippen LogP contribution is 2.23. The number of carbonyl (C=O) groups excluding carboxylic acids is 1. The number of anilines is 1. The molecule has 0 radical (unpaired) electrons. The average Bonchev–Trinajstić information content (AvgIpc) is 2.84. The quantitative estimate of drug-likeness (QED) is 0.760. The van der Waals surface area contributed by atoms with Crippen LogP contribution >= 0.6 is 38.9 Å². The molecule has 1 heterocycles. The molecule has 0 aliphatic rings. The third kappa shape index (κ3) is 4.42. The number of benzene rings is 1. The summed E-state index contributed by atoms with van der Waals surface area (Å²) in [6.07, 6.45) is 3.00. The smallest absolute Gasteiger partial charge is 0.337 e. The van der Waals surface area contributed by atoms with Crippen molar-refractivity contribution < 1.29 is 14.7 Å². The largest absolute Gasteiger partial charge is 0.478 e. The van der Waals surface area contributed by atoms with Gasteiger partial charge >= 0.3 is 5.97 Å². The number of thiophene rings is 1. The van der Waals surface area contributed by atoms with Gasteiger partial charge in [-0.15, -0.1) is 11.3 Å². The normalized spacial score (nSPS) is 10.8. The lowest BCUT2D eigenvalue weighted by Crippen LogP contribution is -2.11. The summed E-state index contributed by atoms with van der Waals surface area (Å²) in [4.78, 5) is 23.8. The van der Waals surface area contributed by atoms with Crippen molar-refractivity contribution in [1.82, 2.24) is 0 Å². The maximum Gasteiger partial charge on any atom is 0.337 e. The van der Waals surface area contributed by atoms with E-state index in [1.807, 2.05) is 12.1 Å². The van der Waals surface area contributed by atoms with Gasteiger partial charge in [0, 0.05) is 16.0 Å². The summed E-state index contributed by atoms with van der Waals surface area (Å²) in [5.74, 6) is -1.57. The second-order valence-electron chi connectivity index (χ2n) is 3.96. The van der Waals surface area contributed by atoms with Gasteiger partial charge in [-0.2, -0.15) is 0 Å². The summed E-state index contributed by atoms with van der Waals surface area (Å²) in [6, 6.07) is 8.01. The van der Waals surface area contributed by atoms with Crippen LogP contribution in [0, 0.1) is 0 Å². The van der Waals surface area contributed by atoms with Crippen LogP contribution < -0.4 is 5.32 Å². The third-order valence-corrected chi connectivity index (χ3v) is 4.29. The molecule has 1 amide bonds.